The molecule has 0 aliphatic heterocycles. The normalized spacial score (nSPS) is 17.3. The number of carboxylic acids is 1. The molecule has 0 spiro atoms. The van der Waals surface area contributed by atoms with E-state index in [4.69, 9.17) is 10.8 Å². The molecule has 76 valence electrons. The van der Waals surface area contributed by atoms with Gasteiger partial charge in [0.2, 0.25) is 5.72 Å². The van der Waals surface area contributed by atoms with Crippen molar-refractivity contribution in [3.63, 3.8) is 0 Å². The topological polar surface area (TPSA) is 83.5 Å². The fourth-order valence-corrected chi connectivity index (χ4v) is 0.858. The lowest BCUT2D eigenvalue weighted by atomic mass is 9.78. The quantitative estimate of drug-likeness (QED) is 0.447. The van der Waals surface area contributed by atoms with E-state index < -0.39 is 17.1 Å². The highest BCUT2D eigenvalue weighted by Crippen LogP contribution is 2.31. The molecular weight excluding hydrogens is 170 g/mol. The molecule has 0 aliphatic rings. The summed E-state index contributed by atoms with van der Waals surface area (Å²) in [7, 11) is 0. The van der Waals surface area contributed by atoms with Crippen LogP contribution in [-0.2, 0) is 4.79 Å². The van der Waals surface area contributed by atoms with Gasteiger partial charge in [0.25, 0.3) is 0 Å². The lowest BCUT2D eigenvalue weighted by molar-refractivity contribution is -0.171. The molecule has 0 aromatic rings. The Morgan fingerprint density at radius 3 is 2.31 bits per heavy atom. The van der Waals surface area contributed by atoms with Crippen molar-refractivity contribution >= 4 is 5.97 Å². The second kappa shape index (κ2) is 3.89. The second-order valence-corrected chi connectivity index (χ2v) is 3.73. The van der Waals surface area contributed by atoms with Crippen molar-refractivity contribution in [1.82, 2.24) is 0 Å². The maximum absolute atomic E-state index is 10.6. The summed E-state index contributed by atoms with van der Waals surface area (Å²) < 4.78 is 0. The van der Waals surface area contributed by atoms with Gasteiger partial charge in [-0.05, 0) is 13.3 Å². The fraction of sp³-hybridized carbons (Fsp3) is 0.667. The molecule has 0 aromatic heterocycles. The predicted molar refractivity (Wildman–Crippen MR) is 50.0 cm³/mol. The molecule has 0 aliphatic carbocycles. The van der Waals surface area contributed by atoms with Gasteiger partial charge < -0.3 is 10.2 Å². The summed E-state index contributed by atoms with van der Waals surface area (Å²) in [6.45, 7) is 5.05. The van der Waals surface area contributed by atoms with E-state index in [-0.39, 0.29) is 0 Å². The first kappa shape index (κ1) is 12.1. The zero-order valence-corrected chi connectivity index (χ0v) is 8.24. The molecule has 0 aromatic carbocycles. The van der Waals surface area contributed by atoms with Crippen LogP contribution in [-0.4, -0.2) is 21.9 Å². The second-order valence-electron chi connectivity index (χ2n) is 3.73. The number of allylic oxidation sites excluding steroid dienone is 2. The van der Waals surface area contributed by atoms with Crippen molar-refractivity contribution < 1.29 is 15.0 Å². The molecule has 0 heterocycles. The first-order valence-electron chi connectivity index (χ1n) is 4.11. The van der Waals surface area contributed by atoms with E-state index in [9.17, 15) is 9.90 Å². The number of aliphatic carboxylic acids is 1. The first-order chi connectivity index (χ1) is 5.75. The molecule has 1 atom stereocenters. The Kier molecular flexibility index (Phi) is 3.63. The zero-order chi connectivity index (χ0) is 10.7. The minimum Gasteiger partial charge on any atom is -0.478 e. The summed E-state index contributed by atoms with van der Waals surface area (Å²) in [6.07, 6.45) is 3.99. The average molecular weight is 187 g/mol. The minimum atomic E-state index is -2.19. The van der Waals surface area contributed by atoms with Gasteiger partial charge in [0.15, 0.2) is 0 Å². The van der Waals surface area contributed by atoms with Crippen molar-refractivity contribution in [3.05, 3.63) is 12.2 Å². The van der Waals surface area contributed by atoms with Crippen LogP contribution in [0, 0.1) is 5.41 Å². The molecule has 0 fully saturated rings. The number of carboxylic acid groups (broad SMARTS) is 1. The average Bonchev–Trinajstić information content (AvgIpc) is 2.00. The molecule has 0 saturated carbocycles. The largest absolute Gasteiger partial charge is 0.478 e. The van der Waals surface area contributed by atoms with Crippen LogP contribution >= 0.6 is 0 Å². The van der Waals surface area contributed by atoms with Crippen LogP contribution in [0.5, 0.6) is 0 Å². The van der Waals surface area contributed by atoms with E-state index in [1.165, 1.54) is 0 Å². The van der Waals surface area contributed by atoms with Crippen molar-refractivity contribution in [2.24, 2.45) is 11.1 Å². The maximum atomic E-state index is 10.6. The van der Waals surface area contributed by atoms with E-state index in [1.54, 1.807) is 26.0 Å². The van der Waals surface area contributed by atoms with Crippen LogP contribution in [0.3, 0.4) is 0 Å². The molecule has 0 bridgehead atoms. The lowest BCUT2D eigenvalue weighted by Crippen LogP contribution is -2.58. The summed E-state index contributed by atoms with van der Waals surface area (Å²) in [5.74, 6) is -1.40. The van der Waals surface area contributed by atoms with Crippen LogP contribution in [0.1, 0.15) is 27.2 Å². The van der Waals surface area contributed by atoms with Gasteiger partial charge >= 0.3 is 5.97 Å². The number of hydrogen-bond donors (Lipinski definition) is 3. The molecule has 4 heteroatoms. The number of hydrogen-bond acceptors (Lipinski definition) is 3. The molecule has 4 nitrogen and oxygen atoms in total. The summed E-state index contributed by atoms with van der Waals surface area (Å²) in [5.41, 5.74) is 2.23. The molecule has 0 unspecified atom stereocenters. The predicted octanol–water partition coefficient (Wildman–Crippen LogP) is 0.711. The van der Waals surface area contributed by atoms with Crippen LogP contribution < -0.4 is 5.73 Å². The number of aliphatic hydroxyl groups is 1. The number of carbonyl (C=O) groups is 1. The van der Waals surface area contributed by atoms with E-state index in [0.29, 0.717) is 6.42 Å². The van der Waals surface area contributed by atoms with E-state index >= 15 is 0 Å². The third-order valence-electron chi connectivity index (χ3n) is 2.22. The Morgan fingerprint density at radius 2 is 2.00 bits per heavy atom. The first-order valence-corrected chi connectivity index (χ1v) is 4.11. The minimum absolute atomic E-state index is 0.419. The summed E-state index contributed by atoms with van der Waals surface area (Å²) in [6, 6.07) is 0. The van der Waals surface area contributed by atoms with Crippen LogP contribution in [0.2, 0.25) is 0 Å². The Hall–Kier alpha value is -0.870. The Labute approximate surface area is 78.1 Å². The van der Waals surface area contributed by atoms with Crippen molar-refractivity contribution in [3.8, 4) is 0 Å². The summed E-state index contributed by atoms with van der Waals surface area (Å²) in [4.78, 5) is 10.6. The van der Waals surface area contributed by atoms with Crippen molar-refractivity contribution in [1.29, 1.82) is 0 Å². The lowest BCUT2D eigenvalue weighted by Gasteiger charge is -2.35. The van der Waals surface area contributed by atoms with Crippen LogP contribution in [0.4, 0.5) is 0 Å². The third kappa shape index (κ3) is 2.54. The van der Waals surface area contributed by atoms with Gasteiger partial charge in [-0.3, -0.25) is 5.73 Å². The van der Waals surface area contributed by atoms with E-state index in [1.807, 2.05) is 6.92 Å². The van der Waals surface area contributed by atoms with E-state index in [2.05, 4.69) is 0 Å². The van der Waals surface area contributed by atoms with E-state index in [0.717, 1.165) is 0 Å². The van der Waals surface area contributed by atoms with Gasteiger partial charge in [-0.15, -0.1) is 0 Å². The highest BCUT2D eigenvalue weighted by Gasteiger charge is 2.46. The van der Waals surface area contributed by atoms with Crippen molar-refractivity contribution in [2.45, 2.75) is 32.9 Å². The van der Waals surface area contributed by atoms with Crippen molar-refractivity contribution in [2.75, 3.05) is 0 Å². The molecule has 13 heavy (non-hydrogen) atoms. The standard InChI is InChI=1S/C9H17NO3/c1-4-5-6-8(2,3)9(10,13)7(11)12/h4-5,13H,6,10H2,1-3H3,(H,11,12)/t9-/m0/s1. The number of nitrogens with two attached hydrogens (primary N) is 1. The van der Waals surface area contributed by atoms with Gasteiger partial charge in [0.05, 0.1) is 0 Å². The van der Waals surface area contributed by atoms with Crippen LogP contribution in [0.25, 0.3) is 0 Å². The summed E-state index contributed by atoms with van der Waals surface area (Å²) in [5, 5.41) is 18.2. The number of rotatable bonds is 4. The zero-order valence-electron chi connectivity index (χ0n) is 8.24. The Morgan fingerprint density at radius 1 is 1.54 bits per heavy atom. The van der Waals surface area contributed by atoms with Gasteiger partial charge in [-0.1, -0.05) is 26.0 Å². The van der Waals surface area contributed by atoms with Gasteiger partial charge in [-0.25, -0.2) is 4.79 Å². The Bertz CT molecular complexity index is 219. The SMILES string of the molecule is CC=CCC(C)(C)[C@@](N)(O)C(=O)O. The fourth-order valence-electron chi connectivity index (χ4n) is 0.858. The monoisotopic (exact) mass is 187 g/mol. The molecule has 0 saturated heterocycles. The maximum Gasteiger partial charge on any atom is 0.351 e. The van der Waals surface area contributed by atoms with Gasteiger partial charge in [0, 0.05) is 5.41 Å². The molecule has 0 radical (unpaired) electrons. The smallest absolute Gasteiger partial charge is 0.351 e. The van der Waals surface area contributed by atoms with Crippen LogP contribution in [0.15, 0.2) is 12.2 Å². The molecule has 0 rings (SSSR count). The summed E-state index contributed by atoms with van der Waals surface area (Å²) >= 11 is 0. The van der Waals surface area contributed by atoms with Gasteiger partial charge in [0.1, 0.15) is 0 Å². The van der Waals surface area contributed by atoms with Gasteiger partial charge in [-0.2, -0.15) is 0 Å². The molecule has 4 N–H and O–H groups in total. The third-order valence-corrected chi connectivity index (χ3v) is 2.22. The molecular formula is C9H17NO3. The highest BCUT2D eigenvalue weighted by atomic mass is 16.4. The highest BCUT2D eigenvalue weighted by molar-refractivity contribution is 5.77. The Balaban J connectivity index is 4.69. The molecule has 0 amide bonds.